The summed E-state index contributed by atoms with van der Waals surface area (Å²) in [4.78, 5) is 25.5. The van der Waals surface area contributed by atoms with Gasteiger partial charge in [0.05, 0.1) is 27.4 Å². The summed E-state index contributed by atoms with van der Waals surface area (Å²) in [6.45, 7) is 5.28. The lowest BCUT2D eigenvalue weighted by Crippen LogP contribution is -2.42. The van der Waals surface area contributed by atoms with E-state index in [1.807, 2.05) is 98.8 Å². The number of β-amino-alcohol motifs (C(OH)–C–C–N with tert-alkyl or cyclic N) is 1. The van der Waals surface area contributed by atoms with E-state index >= 15 is 0 Å². The second-order valence-electron chi connectivity index (χ2n) is 15.8. The SMILES string of the molecule is COc1ccccc1OCC(O)CN1C(=O)CCc2cc(-c3ccc(C)cc3F)ccc21.COc1ccccc1OCC1CO1.Cc1ccc(-c2ccc3c(c2)CCC(=O)N3)c(F)c1. The summed E-state index contributed by atoms with van der Waals surface area (Å²) < 4.78 is 55.0. The molecule has 3 aliphatic rings. The van der Waals surface area contributed by atoms with Crippen molar-refractivity contribution in [3.8, 4) is 45.3 Å². The number of hydrogen-bond acceptors (Lipinski definition) is 8. The molecule has 3 heterocycles. The van der Waals surface area contributed by atoms with E-state index in [9.17, 15) is 23.5 Å². The minimum absolute atomic E-state index is 0.0200. The molecule has 0 radical (unpaired) electrons. The van der Waals surface area contributed by atoms with E-state index in [1.165, 1.54) is 12.1 Å². The van der Waals surface area contributed by atoms with Gasteiger partial charge in [0.15, 0.2) is 23.0 Å². The van der Waals surface area contributed by atoms with Crippen LogP contribution in [0.1, 0.15) is 35.1 Å². The van der Waals surface area contributed by atoms with E-state index in [-0.39, 0.29) is 42.7 Å². The first-order valence-corrected chi connectivity index (χ1v) is 21.2. The molecule has 0 saturated carbocycles. The summed E-state index contributed by atoms with van der Waals surface area (Å²) in [6.07, 6.45) is 1.52. The van der Waals surface area contributed by atoms with Crippen LogP contribution in [-0.4, -0.2) is 69.7 Å². The third-order valence-electron chi connectivity index (χ3n) is 10.9. The Morgan fingerprint density at radius 2 is 1.23 bits per heavy atom. The molecule has 0 spiro atoms. The maximum atomic E-state index is 14.4. The molecular weight excluding hydrogens is 819 g/mol. The summed E-state index contributed by atoms with van der Waals surface area (Å²) in [7, 11) is 3.19. The van der Waals surface area contributed by atoms with E-state index in [0.29, 0.717) is 54.9 Å². The van der Waals surface area contributed by atoms with Crippen LogP contribution in [0, 0.1) is 25.5 Å². The van der Waals surface area contributed by atoms with Crippen molar-refractivity contribution in [3.63, 3.8) is 0 Å². The number of para-hydroxylation sites is 4. The van der Waals surface area contributed by atoms with Crippen LogP contribution in [0.3, 0.4) is 0 Å². The Bertz CT molecular complexity index is 2600. The second kappa shape index (κ2) is 21.1. The number of nitrogens with one attached hydrogen (secondary N) is 1. The van der Waals surface area contributed by atoms with Gasteiger partial charge in [-0.2, -0.15) is 0 Å². The van der Waals surface area contributed by atoms with Gasteiger partial charge in [0.2, 0.25) is 11.8 Å². The van der Waals surface area contributed by atoms with Gasteiger partial charge >= 0.3 is 0 Å². The number of hydrogen-bond donors (Lipinski definition) is 2. The third kappa shape index (κ3) is 11.6. The summed E-state index contributed by atoms with van der Waals surface area (Å²) in [5.74, 6) is 2.17. The zero-order valence-electron chi connectivity index (χ0n) is 36.4. The fourth-order valence-electron chi connectivity index (χ4n) is 7.46. The number of anilines is 2. The van der Waals surface area contributed by atoms with Gasteiger partial charge in [-0.3, -0.25) is 9.59 Å². The summed E-state index contributed by atoms with van der Waals surface area (Å²) >= 11 is 0. The minimum Gasteiger partial charge on any atom is -0.493 e. The van der Waals surface area contributed by atoms with Crippen molar-refractivity contribution in [2.75, 3.05) is 50.8 Å². The van der Waals surface area contributed by atoms with Crippen molar-refractivity contribution in [1.29, 1.82) is 0 Å². The van der Waals surface area contributed by atoms with Crippen LogP contribution in [0.2, 0.25) is 0 Å². The van der Waals surface area contributed by atoms with Crippen molar-refractivity contribution < 1.29 is 47.2 Å². The van der Waals surface area contributed by atoms with Gasteiger partial charge in [0.1, 0.15) is 37.1 Å². The van der Waals surface area contributed by atoms with Gasteiger partial charge in [-0.1, -0.05) is 60.7 Å². The maximum absolute atomic E-state index is 14.4. The molecule has 1 saturated heterocycles. The van der Waals surface area contributed by atoms with E-state index in [2.05, 4.69) is 5.32 Å². The van der Waals surface area contributed by atoms with Crippen LogP contribution in [-0.2, 0) is 27.2 Å². The number of amides is 2. The van der Waals surface area contributed by atoms with Crippen molar-refractivity contribution in [2.45, 2.75) is 51.7 Å². The summed E-state index contributed by atoms with van der Waals surface area (Å²) in [5.41, 5.74) is 8.15. The van der Waals surface area contributed by atoms with E-state index in [0.717, 1.165) is 62.9 Å². The molecule has 1 fully saturated rings. The molecule has 64 heavy (non-hydrogen) atoms. The fraction of sp³-hybridized carbons (Fsp3) is 0.269. The van der Waals surface area contributed by atoms with Crippen molar-refractivity contribution in [1.82, 2.24) is 0 Å². The predicted octanol–water partition coefficient (Wildman–Crippen LogP) is 9.69. The molecule has 0 aliphatic carbocycles. The highest BCUT2D eigenvalue weighted by Gasteiger charge is 2.27. The maximum Gasteiger partial charge on any atom is 0.227 e. The molecule has 6 aromatic carbocycles. The lowest BCUT2D eigenvalue weighted by molar-refractivity contribution is -0.119. The highest BCUT2D eigenvalue weighted by atomic mass is 19.1. The number of halogens is 2. The lowest BCUT2D eigenvalue weighted by atomic mass is 9.95. The highest BCUT2D eigenvalue weighted by molar-refractivity contribution is 5.97. The number of benzene rings is 6. The molecule has 6 aromatic rings. The first-order chi connectivity index (χ1) is 31.0. The van der Waals surface area contributed by atoms with Crippen molar-refractivity contribution >= 4 is 23.2 Å². The molecule has 10 nitrogen and oxygen atoms in total. The predicted molar refractivity (Wildman–Crippen MR) is 243 cm³/mol. The molecule has 3 aliphatic heterocycles. The molecule has 2 N–H and O–H groups in total. The van der Waals surface area contributed by atoms with Gasteiger partial charge in [0.25, 0.3) is 0 Å². The number of rotatable bonds is 12. The number of epoxide rings is 1. The fourth-order valence-corrected chi connectivity index (χ4v) is 7.46. The van der Waals surface area contributed by atoms with Gasteiger partial charge in [-0.15, -0.1) is 0 Å². The molecule has 0 aromatic heterocycles. The van der Waals surface area contributed by atoms with Gasteiger partial charge in [0, 0.05) is 35.3 Å². The van der Waals surface area contributed by atoms with E-state index in [1.54, 1.807) is 43.4 Å². The van der Waals surface area contributed by atoms with Crippen molar-refractivity contribution in [2.24, 2.45) is 0 Å². The molecule has 332 valence electrons. The number of aryl methyl sites for hydroxylation is 4. The highest BCUT2D eigenvalue weighted by Crippen LogP contribution is 2.35. The number of fused-ring (bicyclic) bond motifs is 2. The molecule has 12 heteroatoms. The number of carbonyl (C=O) groups is 2. The molecule has 2 atom stereocenters. The van der Waals surface area contributed by atoms with Crippen LogP contribution in [0.15, 0.2) is 121 Å². The number of nitrogens with zero attached hydrogens (tertiary/aromatic N) is 1. The summed E-state index contributed by atoms with van der Waals surface area (Å²) in [5, 5.41) is 13.4. The Morgan fingerprint density at radius 1 is 0.688 bits per heavy atom. The smallest absolute Gasteiger partial charge is 0.227 e. The Balaban J connectivity index is 0.000000161. The Labute approximate surface area is 372 Å². The standard InChI is InChI=1S/C26H26FNO4.C16H14FNO.C10H12O3/c1-17-7-10-21(22(27)13-17)18-8-11-23-19(14-18)9-12-26(30)28(23)15-20(29)16-32-25-6-4-3-5-24(25)31-2;1-10-2-5-13(14(17)8-10)11-3-6-15-12(9-11)4-7-16(19)18-15;1-11-9-4-2-3-5-10(9)13-7-8-6-12-8/h3-8,10-11,13-14,20,29H,9,12,15-16H2,1-2H3;2-3,5-6,8-9H,4,7H2,1H3,(H,18,19);2-5,8H,6-7H2,1H3. The second-order valence-corrected chi connectivity index (χ2v) is 15.8. The number of aliphatic hydroxyl groups is 1. The monoisotopic (exact) mass is 870 g/mol. The van der Waals surface area contributed by atoms with Crippen LogP contribution in [0.5, 0.6) is 23.0 Å². The molecule has 2 unspecified atom stereocenters. The largest absolute Gasteiger partial charge is 0.493 e. The zero-order valence-corrected chi connectivity index (χ0v) is 36.4. The Morgan fingerprint density at radius 3 is 1.81 bits per heavy atom. The van der Waals surface area contributed by atoms with Crippen LogP contribution in [0.4, 0.5) is 20.2 Å². The quantitative estimate of drug-likeness (QED) is 0.117. The lowest BCUT2D eigenvalue weighted by Gasteiger charge is -2.31. The number of carbonyl (C=O) groups excluding carboxylic acids is 2. The van der Waals surface area contributed by atoms with Gasteiger partial charge in [-0.25, -0.2) is 8.78 Å². The number of methoxy groups -OCH3 is 2. The van der Waals surface area contributed by atoms with E-state index < -0.39 is 6.10 Å². The average Bonchev–Trinajstić information content (AvgIpc) is 4.14. The van der Waals surface area contributed by atoms with Gasteiger partial charge < -0.3 is 39.0 Å². The molecule has 2 amide bonds. The van der Waals surface area contributed by atoms with Crippen molar-refractivity contribution in [3.05, 3.63) is 155 Å². The Kier molecular flexibility index (Phi) is 14.9. The van der Waals surface area contributed by atoms with Crippen LogP contribution < -0.4 is 29.2 Å². The van der Waals surface area contributed by atoms with E-state index in [4.69, 9.17) is 23.7 Å². The molecule has 0 bridgehead atoms. The zero-order chi connectivity index (χ0) is 45.2. The Hall–Kier alpha value is -6.76. The first-order valence-electron chi connectivity index (χ1n) is 21.2. The topological polar surface area (TPSA) is 119 Å². The first kappa shape index (κ1) is 45.3. The van der Waals surface area contributed by atoms with Crippen LogP contribution >= 0.6 is 0 Å². The summed E-state index contributed by atoms with van der Waals surface area (Å²) in [6, 6.07) is 36.4. The average molecular weight is 871 g/mol. The normalized spacial score (nSPS) is 15.2. The molecule has 9 rings (SSSR count). The number of aliphatic hydroxyl groups excluding tert-OH is 1. The number of ether oxygens (including phenoxy) is 5. The molecular formula is C52H52F2N2O8. The van der Waals surface area contributed by atoms with Gasteiger partial charge in [-0.05, 0) is 121 Å². The third-order valence-corrected chi connectivity index (χ3v) is 10.9. The van der Waals surface area contributed by atoms with Crippen LogP contribution in [0.25, 0.3) is 22.3 Å². The minimum atomic E-state index is -0.885.